The van der Waals surface area contributed by atoms with E-state index < -0.39 is 11.8 Å². The number of carbonyl (C=O) groups is 1. The van der Waals surface area contributed by atoms with Gasteiger partial charge >= 0.3 is 5.97 Å². The lowest BCUT2D eigenvalue weighted by molar-refractivity contribution is 0.0693. The quantitative estimate of drug-likeness (QED) is 0.901. The zero-order valence-electron chi connectivity index (χ0n) is 10.8. The van der Waals surface area contributed by atoms with Gasteiger partial charge in [-0.25, -0.2) is 9.18 Å². The second-order valence-electron chi connectivity index (χ2n) is 4.99. The summed E-state index contributed by atoms with van der Waals surface area (Å²) in [5, 5.41) is 12.3. The van der Waals surface area contributed by atoms with Gasteiger partial charge in [-0.05, 0) is 36.1 Å². The number of rotatable bonds is 3. The lowest BCUT2D eigenvalue weighted by atomic mass is 10.1. The summed E-state index contributed by atoms with van der Waals surface area (Å²) in [6.45, 7) is 0. The van der Waals surface area contributed by atoms with Crippen molar-refractivity contribution >= 4 is 11.7 Å². The Labute approximate surface area is 116 Å². The molecule has 4 heteroatoms. The minimum atomic E-state index is -1.25. The van der Waals surface area contributed by atoms with Crippen LogP contribution in [-0.2, 0) is 12.8 Å². The molecule has 0 spiro atoms. The van der Waals surface area contributed by atoms with E-state index in [4.69, 9.17) is 5.11 Å². The molecule has 1 aliphatic rings. The van der Waals surface area contributed by atoms with Crippen molar-refractivity contribution in [2.24, 2.45) is 0 Å². The predicted molar refractivity (Wildman–Crippen MR) is 74.6 cm³/mol. The molecule has 2 aromatic rings. The van der Waals surface area contributed by atoms with E-state index in [-0.39, 0.29) is 11.6 Å². The fourth-order valence-electron chi connectivity index (χ4n) is 2.74. The molecule has 0 aliphatic heterocycles. The summed E-state index contributed by atoms with van der Waals surface area (Å²) in [7, 11) is 0. The normalized spacial score (nSPS) is 14.1. The fourth-order valence-corrected chi connectivity index (χ4v) is 2.74. The summed E-state index contributed by atoms with van der Waals surface area (Å²) >= 11 is 0. The van der Waals surface area contributed by atoms with E-state index in [1.807, 2.05) is 12.1 Å². The van der Waals surface area contributed by atoms with Crippen LogP contribution in [-0.4, -0.2) is 17.1 Å². The van der Waals surface area contributed by atoms with Crippen molar-refractivity contribution in [3.05, 3.63) is 65.0 Å². The molecule has 0 heterocycles. The molecule has 0 aromatic heterocycles. The van der Waals surface area contributed by atoms with Gasteiger partial charge in [-0.2, -0.15) is 0 Å². The van der Waals surface area contributed by atoms with Crippen LogP contribution in [0.4, 0.5) is 10.1 Å². The van der Waals surface area contributed by atoms with Crippen LogP contribution in [0.15, 0.2) is 42.5 Å². The maximum absolute atomic E-state index is 13.6. The SMILES string of the molecule is O=C(O)c1c(F)cccc1NC1Cc2ccccc2C1. The van der Waals surface area contributed by atoms with Gasteiger partial charge in [0.15, 0.2) is 0 Å². The maximum atomic E-state index is 13.6. The van der Waals surface area contributed by atoms with Crippen LogP contribution in [0.2, 0.25) is 0 Å². The Bertz CT molecular complexity index is 644. The Morgan fingerprint density at radius 3 is 2.35 bits per heavy atom. The molecule has 0 saturated heterocycles. The third kappa shape index (κ3) is 2.25. The van der Waals surface area contributed by atoms with Gasteiger partial charge in [-0.3, -0.25) is 0 Å². The Hall–Kier alpha value is -2.36. The van der Waals surface area contributed by atoms with Crippen molar-refractivity contribution in [3.8, 4) is 0 Å². The number of carboxylic acids is 1. The first-order chi connectivity index (χ1) is 9.65. The Morgan fingerprint density at radius 2 is 1.75 bits per heavy atom. The van der Waals surface area contributed by atoms with E-state index in [1.165, 1.54) is 17.2 Å². The topological polar surface area (TPSA) is 49.3 Å². The summed E-state index contributed by atoms with van der Waals surface area (Å²) in [6.07, 6.45) is 1.65. The number of hydrogen-bond acceptors (Lipinski definition) is 2. The van der Waals surface area contributed by atoms with E-state index in [2.05, 4.69) is 17.4 Å². The Morgan fingerprint density at radius 1 is 1.10 bits per heavy atom. The molecule has 2 N–H and O–H groups in total. The van der Waals surface area contributed by atoms with E-state index >= 15 is 0 Å². The molecule has 0 saturated carbocycles. The van der Waals surface area contributed by atoms with Crippen LogP contribution in [0.1, 0.15) is 21.5 Å². The van der Waals surface area contributed by atoms with Crippen LogP contribution in [0.5, 0.6) is 0 Å². The third-order valence-corrected chi connectivity index (χ3v) is 3.64. The number of anilines is 1. The van der Waals surface area contributed by atoms with Crippen molar-refractivity contribution < 1.29 is 14.3 Å². The second kappa shape index (κ2) is 4.96. The van der Waals surface area contributed by atoms with Gasteiger partial charge < -0.3 is 10.4 Å². The zero-order chi connectivity index (χ0) is 14.1. The molecule has 0 atom stereocenters. The predicted octanol–water partition coefficient (Wildman–Crippen LogP) is 3.10. The molecule has 0 bridgehead atoms. The second-order valence-corrected chi connectivity index (χ2v) is 4.99. The highest BCUT2D eigenvalue weighted by Gasteiger charge is 2.23. The van der Waals surface area contributed by atoms with Crippen molar-refractivity contribution in [1.29, 1.82) is 0 Å². The summed E-state index contributed by atoms with van der Waals surface area (Å²) < 4.78 is 13.6. The fraction of sp³-hybridized carbons (Fsp3) is 0.188. The van der Waals surface area contributed by atoms with Crippen LogP contribution in [0.25, 0.3) is 0 Å². The van der Waals surface area contributed by atoms with E-state index in [9.17, 15) is 9.18 Å². The average Bonchev–Trinajstić information content (AvgIpc) is 2.80. The minimum absolute atomic E-state index is 0.104. The first-order valence-electron chi connectivity index (χ1n) is 6.50. The molecule has 3 nitrogen and oxygen atoms in total. The summed E-state index contributed by atoms with van der Waals surface area (Å²) in [5.41, 5.74) is 2.58. The lowest BCUT2D eigenvalue weighted by Crippen LogP contribution is -2.21. The molecule has 20 heavy (non-hydrogen) atoms. The highest BCUT2D eigenvalue weighted by molar-refractivity contribution is 5.94. The molecule has 0 amide bonds. The third-order valence-electron chi connectivity index (χ3n) is 3.64. The smallest absolute Gasteiger partial charge is 0.340 e. The van der Waals surface area contributed by atoms with Crippen molar-refractivity contribution in [2.45, 2.75) is 18.9 Å². The summed E-state index contributed by atoms with van der Waals surface area (Å²) in [5.74, 6) is -1.96. The van der Waals surface area contributed by atoms with Crippen molar-refractivity contribution in [2.75, 3.05) is 5.32 Å². The number of benzene rings is 2. The van der Waals surface area contributed by atoms with Gasteiger partial charge in [0.1, 0.15) is 11.4 Å². The standard InChI is InChI=1S/C16H14FNO2/c17-13-6-3-7-14(15(13)16(19)20)18-12-8-10-4-1-2-5-11(10)9-12/h1-7,12,18H,8-9H2,(H,19,20). The molecule has 0 unspecified atom stereocenters. The maximum Gasteiger partial charge on any atom is 0.340 e. The zero-order valence-corrected chi connectivity index (χ0v) is 10.8. The molecule has 0 fully saturated rings. The van der Waals surface area contributed by atoms with Crippen molar-refractivity contribution in [3.63, 3.8) is 0 Å². The Balaban J connectivity index is 1.84. The number of fused-ring (bicyclic) bond motifs is 1. The van der Waals surface area contributed by atoms with Crippen LogP contribution >= 0.6 is 0 Å². The number of aromatic carboxylic acids is 1. The lowest BCUT2D eigenvalue weighted by Gasteiger charge is -2.16. The average molecular weight is 271 g/mol. The van der Waals surface area contributed by atoms with Gasteiger partial charge in [-0.15, -0.1) is 0 Å². The Kier molecular flexibility index (Phi) is 3.14. The van der Waals surface area contributed by atoms with E-state index in [0.29, 0.717) is 5.69 Å². The molecule has 2 aromatic carbocycles. The van der Waals surface area contributed by atoms with Gasteiger partial charge in [0.25, 0.3) is 0 Å². The molecular weight excluding hydrogens is 257 g/mol. The first-order valence-corrected chi connectivity index (χ1v) is 6.50. The highest BCUT2D eigenvalue weighted by atomic mass is 19.1. The van der Waals surface area contributed by atoms with Gasteiger partial charge in [0.2, 0.25) is 0 Å². The monoisotopic (exact) mass is 271 g/mol. The largest absolute Gasteiger partial charge is 0.478 e. The molecule has 3 rings (SSSR count). The molecule has 102 valence electrons. The number of nitrogens with one attached hydrogen (secondary N) is 1. The summed E-state index contributed by atoms with van der Waals surface area (Å²) in [6, 6.07) is 12.5. The number of halogens is 1. The molecular formula is C16H14FNO2. The van der Waals surface area contributed by atoms with E-state index in [1.54, 1.807) is 6.07 Å². The molecule has 0 radical (unpaired) electrons. The van der Waals surface area contributed by atoms with Gasteiger partial charge in [0.05, 0.1) is 5.69 Å². The molecule has 1 aliphatic carbocycles. The van der Waals surface area contributed by atoms with Crippen molar-refractivity contribution in [1.82, 2.24) is 0 Å². The van der Waals surface area contributed by atoms with Gasteiger partial charge in [-0.1, -0.05) is 30.3 Å². The van der Waals surface area contributed by atoms with Crippen LogP contribution in [0.3, 0.4) is 0 Å². The van der Waals surface area contributed by atoms with E-state index in [0.717, 1.165) is 18.9 Å². The minimum Gasteiger partial charge on any atom is -0.478 e. The highest BCUT2D eigenvalue weighted by Crippen LogP contribution is 2.26. The van der Waals surface area contributed by atoms with Crippen LogP contribution < -0.4 is 5.32 Å². The van der Waals surface area contributed by atoms with Gasteiger partial charge in [0, 0.05) is 6.04 Å². The van der Waals surface area contributed by atoms with Crippen LogP contribution in [0, 0.1) is 5.82 Å². The first kappa shape index (κ1) is 12.7. The summed E-state index contributed by atoms with van der Waals surface area (Å²) in [4.78, 5) is 11.2. The number of carboxylic acid groups (broad SMARTS) is 1. The number of hydrogen-bond donors (Lipinski definition) is 2.